The van der Waals surface area contributed by atoms with Gasteiger partial charge < -0.3 is 10.2 Å². The van der Waals surface area contributed by atoms with Crippen molar-refractivity contribution in [3.05, 3.63) is 0 Å². The minimum absolute atomic E-state index is 0.651. The molecular formula is C16H34N2. The van der Waals surface area contributed by atoms with Crippen LogP contribution in [-0.2, 0) is 0 Å². The molecule has 108 valence electrons. The van der Waals surface area contributed by atoms with Gasteiger partial charge in [0.2, 0.25) is 0 Å². The average Bonchev–Trinajstić information content (AvgIpc) is 2.62. The van der Waals surface area contributed by atoms with Gasteiger partial charge in [-0.25, -0.2) is 0 Å². The van der Waals surface area contributed by atoms with Crippen LogP contribution in [0.3, 0.4) is 0 Å². The number of hydrogen-bond acceptors (Lipinski definition) is 2. The summed E-state index contributed by atoms with van der Waals surface area (Å²) in [4.78, 5) is 2.62. The van der Waals surface area contributed by atoms with E-state index in [9.17, 15) is 0 Å². The van der Waals surface area contributed by atoms with Gasteiger partial charge in [0.25, 0.3) is 0 Å². The van der Waals surface area contributed by atoms with Crippen molar-refractivity contribution in [2.75, 3.05) is 20.1 Å². The quantitative estimate of drug-likeness (QED) is 0.697. The van der Waals surface area contributed by atoms with Crippen molar-refractivity contribution in [2.45, 2.75) is 77.8 Å². The van der Waals surface area contributed by atoms with Crippen LogP contribution < -0.4 is 5.32 Å². The molecule has 0 saturated heterocycles. The Kier molecular flexibility index (Phi) is 7.92. The summed E-state index contributed by atoms with van der Waals surface area (Å²) in [5.41, 5.74) is 0. The Labute approximate surface area is 115 Å². The maximum Gasteiger partial charge on any atom is 0.0217 e. The smallest absolute Gasteiger partial charge is 0.0217 e. The molecule has 2 nitrogen and oxygen atoms in total. The molecule has 0 aromatic carbocycles. The fourth-order valence-corrected chi connectivity index (χ4v) is 3.00. The molecule has 0 aromatic rings. The summed E-state index contributed by atoms with van der Waals surface area (Å²) >= 11 is 0. The van der Waals surface area contributed by atoms with Crippen molar-refractivity contribution >= 4 is 0 Å². The van der Waals surface area contributed by atoms with Crippen LogP contribution in [0.25, 0.3) is 0 Å². The standard InChI is InChI=1S/C16H34N2/c1-5-12-17-16(14(2)3)13-18(4)15-10-8-6-7-9-11-15/h14-17H,5-13H2,1-4H3. The summed E-state index contributed by atoms with van der Waals surface area (Å²) in [5.74, 6) is 0.727. The Morgan fingerprint density at radius 3 is 2.22 bits per heavy atom. The SMILES string of the molecule is CCCNC(CN(C)C1CCCCCC1)C(C)C. The third kappa shape index (κ3) is 5.71. The van der Waals surface area contributed by atoms with Crippen LogP contribution in [0, 0.1) is 5.92 Å². The Morgan fingerprint density at radius 2 is 1.72 bits per heavy atom. The van der Waals surface area contributed by atoms with Crippen molar-refractivity contribution < 1.29 is 0 Å². The van der Waals surface area contributed by atoms with E-state index in [0.717, 1.165) is 18.5 Å². The molecule has 0 spiro atoms. The summed E-state index contributed by atoms with van der Waals surface area (Å²) in [7, 11) is 2.33. The number of rotatable bonds is 7. The van der Waals surface area contributed by atoms with Gasteiger partial charge in [-0.05, 0) is 38.8 Å². The van der Waals surface area contributed by atoms with E-state index in [1.54, 1.807) is 0 Å². The molecule has 0 amide bonds. The minimum atomic E-state index is 0.651. The largest absolute Gasteiger partial charge is 0.312 e. The zero-order valence-electron chi connectivity index (χ0n) is 13.0. The molecule has 0 aromatic heterocycles. The molecule has 0 bridgehead atoms. The van der Waals surface area contributed by atoms with Gasteiger partial charge in [0.1, 0.15) is 0 Å². The van der Waals surface area contributed by atoms with E-state index in [1.807, 2.05) is 0 Å². The number of likely N-dealkylation sites (N-methyl/N-ethyl adjacent to an activating group) is 1. The first-order valence-corrected chi connectivity index (χ1v) is 8.08. The average molecular weight is 254 g/mol. The van der Waals surface area contributed by atoms with Crippen molar-refractivity contribution in [1.29, 1.82) is 0 Å². The lowest BCUT2D eigenvalue weighted by atomic mass is 10.0. The van der Waals surface area contributed by atoms with Crippen molar-refractivity contribution in [3.8, 4) is 0 Å². The summed E-state index contributed by atoms with van der Waals surface area (Å²) in [6, 6.07) is 1.48. The van der Waals surface area contributed by atoms with E-state index in [0.29, 0.717) is 6.04 Å². The van der Waals surface area contributed by atoms with Gasteiger partial charge in [0, 0.05) is 18.6 Å². The Hall–Kier alpha value is -0.0800. The van der Waals surface area contributed by atoms with Crippen LogP contribution in [0.1, 0.15) is 65.7 Å². The zero-order chi connectivity index (χ0) is 13.4. The van der Waals surface area contributed by atoms with Gasteiger partial charge >= 0.3 is 0 Å². The summed E-state index contributed by atoms with van der Waals surface area (Å²) < 4.78 is 0. The molecule has 1 rings (SSSR count). The maximum absolute atomic E-state index is 3.71. The lowest BCUT2D eigenvalue weighted by Gasteiger charge is -2.33. The van der Waals surface area contributed by atoms with Gasteiger partial charge in [-0.1, -0.05) is 46.5 Å². The van der Waals surface area contributed by atoms with Crippen LogP contribution in [0.4, 0.5) is 0 Å². The molecule has 18 heavy (non-hydrogen) atoms. The highest BCUT2D eigenvalue weighted by Gasteiger charge is 2.21. The predicted molar refractivity (Wildman–Crippen MR) is 81.0 cm³/mol. The summed E-state index contributed by atoms with van der Waals surface area (Å²) in [6.45, 7) is 9.30. The number of nitrogens with zero attached hydrogens (tertiary/aromatic N) is 1. The van der Waals surface area contributed by atoms with Crippen LogP contribution in [-0.4, -0.2) is 37.1 Å². The van der Waals surface area contributed by atoms with Crippen LogP contribution in [0.2, 0.25) is 0 Å². The maximum atomic E-state index is 3.71. The second kappa shape index (κ2) is 8.92. The first-order valence-electron chi connectivity index (χ1n) is 8.08. The predicted octanol–water partition coefficient (Wildman–Crippen LogP) is 3.67. The molecule has 1 saturated carbocycles. The molecular weight excluding hydrogens is 220 g/mol. The van der Waals surface area contributed by atoms with E-state index in [2.05, 4.69) is 38.0 Å². The summed E-state index contributed by atoms with van der Waals surface area (Å²) in [5, 5.41) is 3.71. The third-order valence-electron chi connectivity index (χ3n) is 4.39. The molecule has 1 atom stereocenters. The minimum Gasteiger partial charge on any atom is -0.312 e. The van der Waals surface area contributed by atoms with Gasteiger partial charge in [-0.2, -0.15) is 0 Å². The van der Waals surface area contributed by atoms with E-state index < -0.39 is 0 Å². The van der Waals surface area contributed by atoms with E-state index >= 15 is 0 Å². The molecule has 0 heterocycles. The monoisotopic (exact) mass is 254 g/mol. The number of nitrogens with one attached hydrogen (secondary N) is 1. The molecule has 2 heteroatoms. The van der Waals surface area contributed by atoms with Crippen LogP contribution >= 0.6 is 0 Å². The van der Waals surface area contributed by atoms with E-state index in [4.69, 9.17) is 0 Å². The molecule has 0 radical (unpaired) electrons. The Balaban J connectivity index is 2.40. The number of hydrogen-bond donors (Lipinski definition) is 1. The first kappa shape index (κ1) is 16.0. The molecule has 1 N–H and O–H groups in total. The molecule has 1 aliphatic rings. The third-order valence-corrected chi connectivity index (χ3v) is 4.39. The van der Waals surface area contributed by atoms with Crippen LogP contribution in [0.5, 0.6) is 0 Å². The molecule has 0 aliphatic heterocycles. The lowest BCUT2D eigenvalue weighted by Crippen LogP contribution is -2.46. The first-order chi connectivity index (χ1) is 8.65. The Morgan fingerprint density at radius 1 is 1.11 bits per heavy atom. The second-order valence-corrected chi connectivity index (χ2v) is 6.39. The topological polar surface area (TPSA) is 15.3 Å². The Bertz CT molecular complexity index is 195. The molecule has 1 aliphatic carbocycles. The highest BCUT2D eigenvalue weighted by molar-refractivity contribution is 4.79. The highest BCUT2D eigenvalue weighted by atomic mass is 15.2. The second-order valence-electron chi connectivity index (χ2n) is 6.39. The van der Waals surface area contributed by atoms with E-state index in [1.165, 1.54) is 51.5 Å². The van der Waals surface area contributed by atoms with Crippen molar-refractivity contribution in [3.63, 3.8) is 0 Å². The van der Waals surface area contributed by atoms with Gasteiger partial charge in [0.05, 0.1) is 0 Å². The van der Waals surface area contributed by atoms with Gasteiger partial charge in [-0.15, -0.1) is 0 Å². The zero-order valence-corrected chi connectivity index (χ0v) is 13.0. The lowest BCUT2D eigenvalue weighted by molar-refractivity contribution is 0.182. The molecule has 1 unspecified atom stereocenters. The highest BCUT2D eigenvalue weighted by Crippen LogP contribution is 2.21. The summed E-state index contributed by atoms with van der Waals surface area (Å²) in [6.07, 6.45) is 9.83. The fourth-order valence-electron chi connectivity index (χ4n) is 3.00. The van der Waals surface area contributed by atoms with Crippen LogP contribution in [0.15, 0.2) is 0 Å². The van der Waals surface area contributed by atoms with E-state index in [-0.39, 0.29) is 0 Å². The van der Waals surface area contributed by atoms with Crippen molar-refractivity contribution in [2.24, 2.45) is 5.92 Å². The van der Waals surface area contributed by atoms with Gasteiger partial charge in [-0.3, -0.25) is 0 Å². The molecule has 1 fully saturated rings. The van der Waals surface area contributed by atoms with Gasteiger partial charge in [0.15, 0.2) is 0 Å². The normalized spacial score (nSPS) is 20.3. The fraction of sp³-hybridized carbons (Fsp3) is 1.00. The van der Waals surface area contributed by atoms with Crippen molar-refractivity contribution in [1.82, 2.24) is 10.2 Å².